The molecule has 0 atom stereocenters. The predicted molar refractivity (Wildman–Crippen MR) is 41.4 cm³/mol. The van der Waals surface area contributed by atoms with Gasteiger partial charge in [-0.1, -0.05) is 0 Å². The van der Waals surface area contributed by atoms with Crippen LogP contribution in [0.15, 0.2) is 15.2 Å². The molecule has 0 radical (unpaired) electrons. The highest BCUT2D eigenvalue weighted by Crippen LogP contribution is 1.71. The van der Waals surface area contributed by atoms with Gasteiger partial charge in [-0.25, -0.2) is 4.99 Å². The average molecular weight is 125 g/mol. The quantitative estimate of drug-likeness (QED) is 0.305. The lowest BCUT2D eigenvalue weighted by atomic mass is 10.5. The Hall–Kier alpha value is -0.990. The van der Waals surface area contributed by atoms with Crippen LogP contribution in [0.4, 0.5) is 0 Å². The Morgan fingerprint density at radius 1 is 1.22 bits per heavy atom. The Bertz CT molecular complexity index is 140. The highest BCUT2D eigenvalue weighted by Gasteiger charge is 1.69. The second-order valence-corrected chi connectivity index (χ2v) is 1.68. The molecule has 0 N–H and O–H groups in total. The van der Waals surface area contributed by atoms with E-state index in [0.29, 0.717) is 0 Å². The third-order valence-corrected chi connectivity index (χ3v) is 0.550. The van der Waals surface area contributed by atoms with Gasteiger partial charge in [0.2, 0.25) is 0 Å². The molecule has 0 saturated heterocycles. The van der Waals surface area contributed by atoms with E-state index in [1.54, 1.807) is 13.1 Å². The topological polar surface area (TPSA) is 37.1 Å². The fourth-order valence-electron chi connectivity index (χ4n) is 0.238. The molecule has 0 unspecified atom stereocenters. The van der Waals surface area contributed by atoms with E-state index in [1.807, 2.05) is 13.8 Å². The van der Waals surface area contributed by atoms with Crippen LogP contribution in [-0.4, -0.2) is 18.3 Å². The summed E-state index contributed by atoms with van der Waals surface area (Å²) in [6, 6.07) is 0. The summed E-state index contributed by atoms with van der Waals surface area (Å²) in [5.74, 6) is 0. The van der Waals surface area contributed by atoms with E-state index < -0.39 is 0 Å². The smallest absolute Gasteiger partial charge is 0.137 e. The summed E-state index contributed by atoms with van der Waals surface area (Å²) >= 11 is 0. The molecule has 9 heavy (non-hydrogen) atoms. The van der Waals surface area contributed by atoms with Gasteiger partial charge in [-0.3, -0.25) is 0 Å². The molecular formula is C6H11N3. The summed E-state index contributed by atoms with van der Waals surface area (Å²) in [4.78, 5) is 3.87. The highest BCUT2D eigenvalue weighted by molar-refractivity contribution is 5.86. The largest absolute Gasteiger partial charge is 0.244 e. The first-order chi connectivity index (χ1) is 4.27. The minimum Gasteiger partial charge on any atom is -0.244 e. The molecule has 0 aromatic carbocycles. The van der Waals surface area contributed by atoms with Crippen molar-refractivity contribution in [2.24, 2.45) is 15.2 Å². The Labute approximate surface area is 55.2 Å². The summed E-state index contributed by atoms with van der Waals surface area (Å²) < 4.78 is 0. The van der Waals surface area contributed by atoms with Gasteiger partial charge in [-0.05, 0) is 20.8 Å². The van der Waals surface area contributed by atoms with Crippen molar-refractivity contribution in [3.63, 3.8) is 0 Å². The van der Waals surface area contributed by atoms with Crippen molar-refractivity contribution in [2.75, 3.05) is 0 Å². The van der Waals surface area contributed by atoms with Crippen LogP contribution in [0.3, 0.4) is 0 Å². The second kappa shape index (κ2) is 5.15. The van der Waals surface area contributed by atoms with Gasteiger partial charge in [0.1, 0.15) is 6.34 Å². The van der Waals surface area contributed by atoms with E-state index in [-0.39, 0.29) is 0 Å². The molecule has 0 aromatic heterocycles. The molecule has 0 rings (SSSR count). The molecule has 0 spiro atoms. The molecule has 0 aliphatic carbocycles. The minimum atomic E-state index is 0.977. The summed E-state index contributed by atoms with van der Waals surface area (Å²) in [6.45, 7) is 5.61. The van der Waals surface area contributed by atoms with Gasteiger partial charge in [0.15, 0.2) is 0 Å². The number of hydrogen-bond acceptors (Lipinski definition) is 2. The molecule has 3 nitrogen and oxygen atoms in total. The molecule has 0 amide bonds. The van der Waals surface area contributed by atoms with E-state index >= 15 is 0 Å². The summed E-state index contributed by atoms with van der Waals surface area (Å²) in [7, 11) is 0. The normalized spacial score (nSPS) is 11.0. The van der Waals surface area contributed by atoms with Crippen LogP contribution in [0, 0.1) is 0 Å². The number of hydrogen-bond donors (Lipinski definition) is 0. The van der Waals surface area contributed by atoms with Gasteiger partial charge < -0.3 is 0 Å². The van der Waals surface area contributed by atoms with Gasteiger partial charge in [0, 0.05) is 11.9 Å². The van der Waals surface area contributed by atoms with Crippen molar-refractivity contribution in [1.82, 2.24) is 0 Å². The van der Waals surface area contributed by atoms with E-state index in [0.717, 1.165) is 5.71 Å². The third kappa shape index (κ3) is 7.01. The Balaban J connectivity index is 3.60. The monoisotopic (exact) mass is 125 g/mol. The lowest BCUT2D eigenvalue weighted by Gasteiger charge is -1.78. The van der Waals surface area contributed by atoms with E-state index in [4.69, 9.17) is 0 Å². The molecule has 0 saturated carbocycles. The van der Waals surface area contributed by atoms with Crippen LogP contribution in [0.5, 0.6) is 0 Å². The van der Waals surface area contributed by atoms with Crippen molar-refractivity contribution in [3.8, 4) is 0 Å². The van der Waals surface area contributed by atoms with Crippen molar-refractivity contribution in [1.29, 1.82) is 0 Å². The van der Waals surface area contributed by atoms with Crippen LogP contribution in [0.25, 0.3) is 0 Å². The van der Waals surface area contributed by atoms with Crippen molar-refractivity contribution in [2.45, 2.75) is 20.8 Å². The van der Waals surface area contributed by atoms with Gasteiger partial charge in [-0.15, -0.1) is 5.10 Å². The fourth-order valence-corrected chi connectivity index (χ4v) is 0.238. The minimum absolute atomic E-state index is 0.977. The molecule has 50 valence electrons. The van der Waals surface area contributed by atoms with E-state index in [2.05, 4.69) is 15.2 Å². The first-order valence-corrected chi connectivity index (χ1v) is 2.78. The van der Waals surface area contributed by atoms with Gasteiger partial charge in [0.05, 0.1) is 0 Å². The van der Waals surface area contributed by atoms with Crippen LogP contribution in [0.2, 0.25) is 0 Å². The van der Waals surface area contributed by atoms with Crippen LogP contribution in [0.1, 0.15) is 20.8 Å². The van der Waals surface area contributed by atoms with Crippen molar-refractivity contribution >= 4 is 18.3 Å². The van der Waals surface area contributed by atoms with Crippen molar-refractivity contribution in [3.05, 3.63) is 0 Å². The number of rotatable bonds is 2. The maximum atomic E-state index is 3.87. The first-order valence-electron chi connectivity index (χ1n) is 2.78. The van der Waals surface area contributed by atoms with Crippen LogP contribution in [-0.2, 0) is 0 Å². The number of nitrogens with zero attached hydrogens (tertiary/aromatic N) is 3. The molecule has 3 heteroatoms. The van der Waals surface area contributed by atoms with Gasteiger partial charge in [-0.2, -0.15) is 5.10 Å². The Morgan fingerprint density at radius 3 is 2.33 bits per heavy atom. The maximum Gasteiger partial charge on any atom is 0.137 e. The Morgan fingerprint density at radius 2 is 1.89 bits per heavy atom. The van der Waals surface area contributed by atoms with E-state index in [9.17, 15) is 0 Å². The molecule has 0 bridgehead atoms. The predicted octanol–water partition coefficient (Wildman–Crippen LogP) is 1.50. The standard InChI is InChI=1S/C6H11N3/c1-4-8-9-5-7-6(2)3/h4-5H,1-3H3/b8-4-,9-5-. The number of aliphatic imine (C=N–C) groups is 1. The molecule has 0 aliphatic rings. The van der Waals surface area contributed by atoms with Gasteiger partial charge in [0.25, 0.3) is 0 Å². The van der Waals surface area contributed by atoms with Crippen LogP contribution >= 0.6 is 0 Å². The van der Waals surface area contributed by atoms with Gasteiger partial charge >= 0.3 is 0 Å². The highest BCUT2D eigenvalue weighted by atomic mass is 15.2. The molecular weight excluding hydrogens is 114 g/mol. The summed E-state index contributed by atoms with van der Waals surface area (Å²) in [6.07, 6.45) is 3.03. The second-order valence-electron chi connectivity index (χ2n) is 1.68. The lowest BCUT2D eigenvalue weighted by molar-refractivity contribution is 1.25. The van der Waals surface area contributed by atoms with Crippen molar-refractivity contribution < 1.29 is 0 Å². The van der Waals surface area contributed by atoms with E-state index in [1.165, 1.54) is 6.34 Å². The average Bonchev–Trinajstić information content (AvgIpc) is 1.80. The molecule has 0 aliphatic heterocycles. The Kier molecular flexibility index (Phi) is 4.59. The molecule has 0 heterocycles. The SMILES string of the molecule is C/C=N\N=C/N=C(C)C. The first kappa shape index (κ1) is 8.01. The summed E-state index contributed by atoms with van der Waals surface area (Å²) in [5, 5.41) is 7.17. The maximum absolute atomic E-state index is 3.87. The lowest BCUT2D eigenvalue weighted by Crippen LogP contribution is -1.78. The third-order valence-electron chi connectivity index (χ3n) is 0.550. The van der Waals surface area contributed by atoms with Crippen LogP contribution < -0.4 is 0 Å². The zero-order chi connectivity index (χ0) is 7.11. The summed E-state index contributed by atoms with van der Waals surface area (Å²) in [5.41, 5.74) is 0.977. The molecule has 0 aromatic rings. The zero-order valence-electron chi connectivity index (χ0n) is 6.00. The zero-order valence-corrected chi connectivity index (χ0v) is 6.00. The fraction of sp³-hybridized carbons (Fsp3) is 0.500. The molecule has 0 fully saturated rings.